The van der Waals surface area contributed by atoms with Gasteiger partial charge in [-0.25, -0.2) is 0 Å². The summed E-state index contributed by atoms with van der Waals surface area (Å²) in [6.07, 6.45) is 1.40. The lowest BCUT2D eigenvalue weighted by Crippen LogP contribution is -2.30. The third-order valence-electron chi connectivity index (χ3n) is 1.08. The minimum Gasteiger partial charge on any atom is -0.336 e. The summed E-state index contributed by atoms with van der Waals surface area (Å²) in [5, 5.41) is 0. The number of hydrogen-bond donors (Lipinski definition) is 0. The maximum Gasteiger partial charge on any atom is 0.210 e. The van der Waals surface area contributed by atoms with Crippen LogP contribution in [-0.2, 0) is 9.59 Å². The molecule has 0 N–H and O–H groups in total. The zero-order valence-corrected chi connectivity index (χ0v) is 5.70. The SMILES string of the molecule is CC(C)N(C=O)CC=O. The van der Waals surface area contributed by atoms with E-state index in [1.54, 1.807) is 0 Å². The molecule has 0 rings (SSSR count). The van der Waals surface area contributed by atoms with Crippen LogP contribution in [0.15, 0.2) is 0 Å². The van der Waals surface area contributed by atoms with E-state index in [9.17, 15) is 9.59 Å². The first-order chi connectivity index (χ1) is 4.22. The highest BCUT2D eigenvalue weighted by molar-refractivity contribution is 5.59. The summed E-state index contributed by atoms with van der Waals surface area (Å²) in [4.78, 5) is 21.4. The Morgan fingerprint density at radius 1 is 1.44 bits per heavy atom. The summed E-state index contributed by atoms with van der Waals surface area (Å²) in [6, 6.07) is 0.118. The Balaban J connectivity index is 3.66. The van der Waals surface area contributed by atoms with E-state index in [2.05, 4.69) is 0 Å². The van der Waals surface area contributed by atoms with Gasteiger partial charge in [-0.1, -0.05) is 0 Å². The molecule has 52 valence electrons. The van der Waals surface area contributed by atoms with Gasteiger partial charge in [0.1, 0.15) is 6.29 Å². The van der Waals surface area contributed by atoms with Crippen LogP contribution >= 0.6 is 0 Å². The highest BCUT2D eigenvalue weighted by atomic mass is 16.1. The quantitative estimate of drug-likeness (QED) is 0.503. The minimum atomic E-state index is 0.118. The molecule has 0 aromatic heterocycles. The average molecular weight is 129 g/mol. The summed E-state index contributed by atoms with van der Waals surface area (Å²) < 4.78 is 0. The number of aldehydes is 1. The van der Waals surface area contributed by atoms with E-state index in [1.807, 2.05) is 13.8 Å². The van der Waals surface area contributed by atoms with E-state index >= 15 is 0 Å². The summed E-state index contributed by atoms with van der Waals surface area (Å²) in [5.41, 5.74) is 0. The van der Waals surface area contributed by atoms with Gasteiger partial charge < -0.3 is 9.69 Å². The van der Waals surface area contributed by atoms with Crippen molar-refractivity contribution in [3.63, 3.8) is 0 Å². The van der Waals surface area contributed by atoms with Gasteiger partial charge in [0.05, 0.1) is 6.54 Å². The van der Waals surface area contributed by atoms with Crippen molar-refractivity contribution in [3.8, 4) is 0 Å². The molecule has 0 aliphatic carbocycles. The molecule has 3 heteroatoms. The van der Waals surface area contributed by atoms with Crippen molar-refractivity contribution in [1.82, 2.24) is 4.90 Å². The summed E-state index contributed by atoms with van der Waals surface area (Å²) in [6.45, 7) is 3.91. The van der Waals surface area contributed by atoms with E-state index in [-0.39, 0.29) is 12.6 Å². The third kappa shape index (κ3) is 2.85. The lowest BCUT2D eigenvalue weighted by atomic mass is 10.3. The normalized spacial score (nSPS) is 9.22. The molecular weight excluding hydrogens is 118 g/mol. The molecule has 0 fully saturated rings. The van der Waals surface area contributed by atoms with Crippen LogP contribution < -0.4 is 0 Å². The first-order valence-electron chi connectivity index (χ1n) is 2.87. The minimum absolute atomic E-state index is 0.118. The number of carbonyl (C=O) groups is 2. The van der Waals surface area contributed by atoms with Gasteiger partial charge in [0, 0.05) is 6.04 Å². The molecule has 0 radical (unpaired) electrons. The van der Waals surface area contributed by atoms with Crippen LogP contribution in [0.3, 0.4) is 0 Å². The fraction of sp³-hybridized carbons (Fsp3) is 0.667. The van der Waals surface area contributed by atoms with Crippen LogP contribution in [0.4, 0.5) is 0 Å². The molecule has 0 saturated carbocycles. The number of amides is 1. The van der Waals surface area contributed by atoms with Gasteiger partial charge in [0.15, 0.2) is 0 Å². The Hall–Kier alpha value is -0.860. The predicted molar refractivity (Wildman–Crippen MR) is 34.0 cm³/mol. The molecule has 0 aliphatic heterocycles. The van der Waals surface area contributed by atoms with Gasteiger partial charge in [0.25, 0.3) is 0 Å². The van der Waals surface area contributed by atoms with E-state index in [0.29, 0.717) is 12.7 Å². The highest BCUT2D eigenvalue weighted by Crippen LogP contribution is 1.89. The number of carbonyl (C=O) groups excluding carboxylic acids is 2. The van der Waals surface area contributed by atoms with E-state index in [1.165, 1.54) is 4.90 Å². The maximum atomic E-state index is 10.1. The van der Waals surface area contributed by atoms with Crippen molar-refractivity contribution >= 4 is 12.7 Å². The lowest BCUT2D eigenvalue weighted by Gasteiger charge is -2.17. The molecule has 0 aliphatic rings. The van der Waals surface area contributed by atoms with Crippen LogP contribution in [0.25, 0.3) is 0 Å². The summed E-state index contributed by atoms with van der Waals surface area (Å²) >= 11 is 0. The first kappa shape index (κ1) is 8.14. The molecule has 0 spiro atoms. The van der Waals surface area contributed by atoms with Crippen LogP contribution in [0, 0.1) is 0 Å². The smallest absolute Gasteiger partial charge is 0.210 e. The van der Waals surface area contributed by atoms with Gasteiger partial charge in [-0.05, 0) is 13.8 Å². The second-order valence-corrected chi connectivity index (χ2v) is 2.06. The van der Waals surface area contributed by atoms with Crippen LogP contribution in [0.2, 0.25) is 0 Å². The summed E-state index contributed by atoms with van der Waals surface area (Å²) in [5.74, 6) is 0. The fourth-order valence-electron chi connectivity index (χ4n) is 0.462. The number of hydrogen-bond acceptors (Lipinski definition) is 2. The molecule has 0 bridgehead atoms. The van der Waals surface area contributed by atoms with Crippen LogP contribution in [-0.4, -0.2) is 30.2 Å². The number of rotatable bonds is 4. The van der Waals surface area contributed by atoms with Gasteiger partial charge in [-0.3, -0.25) is 4.79 Å². The van der Waals surface area contributed by atoms with Crippen molar-refractivity contribution in [3.05, 3.63) is 0 Å². The Morgan fingerprint density at radius 2 is 2.00 bits per heavy atom. The van der Waals surface area contributed by atoms with Crippen molar-refractivity contribution < 1.29 is 9.59 Å². The Labute approximate surface area is 54.6 Å². The summed E-state index contributed by atoms with van der Waals surface area (Å²) in [7, 11) is 0. The monoisotopic (exact) mass is 129 g/mol. The van der Waals surface area contributed by atoms with Crippen molar-refractivity contribution in [2.75, 3.05) is 6.54 Å². The van der Waals surface area contributed by atoms with Crippen LogP contribution in [0.5, 0.6) is 0 Å². The van der Waals surface area contributed by atoms with Gasteiger partial charge >= 0.3 is 0 Å². The molecule has 0 aromatic rings. The number of nitrogens with zero attached hydrogens (tertiary/aromatic N) is 1. The van der Waals surface area contributed by atoms with Gasteiger partial charge in [0.2, 0.25) is 6.41 Å². The van der Waals surface area contributed by atoms with E-state index in [0.717, 1.165) is 0 Å². The first-order valence-corrected chi connectivity index (χ1v) is 2.87. The Morgan fingerprint density at radius 3 is 2.11 bits per heavy atom. The molecule has 3 nitrogen and oxygen atoms in total. The molecule has 0 saturated heterocycles. The molecule has 0 atom stereocenters. The van der Waals surface area contributed by atoms with Crippen LogP contribution in [0.1, 0.15) is 13.8 Å². The Kier molecular flexibility index (Phi) is 3.67. The zero-order chi connectivity index (χ0) is 7.28. The molecule has 0 heterocycles. The second kappa shape index (κ2) is 4.06. The maximum absolute atomic E-state index is 10.1. The third-order valence-corrected chi connectivity index (χ3v) is 1.08. The van der Waals surface area contributed by atoms with E-state index in [4.69, 9.17) is 0 Å². The molecule has 0 aromatic carbocycles. The second-order valence-electron chi connectivity index (χ2n) is 2.06. The zero-order valence-electron chi connectivity index (χ0n) is 5.70. The van der Waals surface area contributed by atoms with E-state index < -0.39 is 0 Å². The van der Waals surface area contributed by atoms with Crippen molar-refractivity contribution in [2.45, 2.75) is 19.9 Å². The van der Waals surface area contributed by atoms with Crippen molar-refractivity contribution in [2.24, 2.45) is 0 Å². The van der Waals surface area contributed by atoms with Gasteiger partial charge in [-0.15, -0.1) is 0 Å². The topological polar surface area (TPSA) is 37.4 Å². The molecule has 1 amide bonds. The molecule has 0 unspecified atom stereocenters. The highest BCUT2D eigenvalue weighted by Gasteiger charge is 2.02. The molecule has 9 heavy (non-hydrogen) atoms. The standard InChI is InChI=1S/C6H11NO2/c1-6(2)7(5-9)3-4-8/h4-6H,3H2,1-2H3. The van der Waals surface area contributed by atoms with Crippen molar-refractivity contribution in [1.29, 1.82) is 0 Å². The fourth-order valence-corrected chi connectivity index (χ4v) is 0.462. The average Bonchev–Trinajstić information content (AvgIpc) is 1.82. The van der Waals surface area contributed by atoms with Gasteiger partial charge in [-0.2, -0.15) is 0 Å². The predicted octanol–water partition coefficient (Wildman–Crippen LogP) is 0.0521. The largest absolute Gasteiger partial charge is 0.336 e. The Bertz CT molecular complexity index is 101. The molecular formula is C6H11NO2. The lowest BCUT2D eigenvalue weighted by molar-refractivity contribution is -0.123.